The fraction of sp³-hybridized carbons (Fsp3) is 0.150. The van der Waals surface area contributed by atoms with E-state index in [0.717, 1.165) is 17.7 Å². The first kappa shape index (κ1) is 18.8. The van der Waals surface area contributed by atoms with E-state index in [0.29, 0.717) is 27.2 Å². The number of rotatable bonds is 6. The SMILES string of the molecule is CCc1ccc(OCc2csc(C(=O)Nc3c(Cl)cccc3Cl)c2)cc1. The number of hydrogen-bond acceptors (Lipinski definition) is 3. The number of hydrogen-bond donors (Lipinski definition) is 1. The Labute approximate surface area is 166 Å². The van der Waals surface area contributed by atoms with Crippen molar-refractivity contribution in [3.05, 3.63) is 80.0 Å². The Hall–Kier alpha value is -2.01. The molecule has 1 aromatic heterocycles. The molecule has 0 unspecified atom stereocenters. The lowest BCUT2D eigenvalue weighted by Gasteiger charge is -2.08. The second kappa shape index (κ2) is 8.58. The van der Waals surface area contributed by atoms with E-state index < -0.39 is 0 Å². The van der Waals surface area contributed by atoms with Gasteiger partial charge in [0.2, 0.25) is 0 Å². The van der Waals surface area contributed by atoms with Gasteiger partial charge in [0, 0.05) is 5.56 Å². The molecule has 3 aromatic rings. The molecular weight excluding hydrogens is 389 g/mol. The fourth-order valence-corrected chi connectivity index (χ4v) is 3.63. The van der Waals surface area contributed by atoms with E-state index in [2.05, 4.69) is 24.4 Å². The Morgan fingerprint density at radius 3 is 2.42 bits per heavy atom. The summed E-state index contributed by atoms with van der Waals surface area (Å²) in [4.78, 5) is 13.0. The zero-order chi connectivity index (χ0) is 18.5. The molecule has 6 heteroatoms. The molecule has 0 saturated carbocycles. The first-order valence-electron chi connectivity index (χ1n) is 8.11. The highest BCUT2D eigenvalue weighted by Crippen LogP contribution is 2.30. The van der Waals surface area contributed by atoms with Crippen LogP contribution in [0.4, 0.5) is 5.69 Å². The lowest BCUT2D eigenvalue weighted by molar-refractivity contribution is 0.103. The van der Waals surface area contributed by atoms with Gasteiger partial charge in [-0.1, -0.05) is 48.3 Å². The molecule has 0 spiro atoms. The predicted octanol–water partition coefficient (Wildman–Crippen LogP) is 6.45. The van der Waals surface area contributed by atoms with E-state index in [1.165, 1.54) is 16.9 Å². The van der Waals surface area contributed by atoms with Crippen LogP contribution >= 0.6 is 34.5 Å². The summed E-state index contributed by atoms with van der Waals surface area (Å²) in [5.41, 5.74) is 2.62. The molecule has 0 aliphatic rings. The Kier molecular flexibility index (Phi) is 6.20. The molecule has 1 heterocycles. The molecule has 0 aliphatic heterocycles. The number of carbonyl (C=O) groups is 1. The first-order chi connectivity index (χ1) is 12.6. The van der Waals surface area contributed by atoms with Gasteiger partial charge in [0.05, 0.1) is 20.6 Å². The third-order valence-corrected chi connectivity index (χ3v) is 5.42. The van der Waals surface area contributed by atoms with Crippen LogP contribution in [0.1, 0.15) is 27.7 Å². The Morgan fingerprint density at radius 1 is 1.08 bits per heavy atom. The number of benzene rings is 2. The highest BCUT2D eigenvalue weighted by atomic mass is 35.5. The van der Waals surface area contributed by atoms with E-state index in [1.54, 1.807) is 18.2 Å². The van der Waals surface area contributed by atoms with Gasteiger partial charge < -0.3 is 10.1 Å². The average Bonchev–Trinajstić information content (AvgIpc) is 3.12. The van der Waals surface area contributed by atoms with Crippen LogP contribution in [0.5, 0.6) is 5.75 Å². The molecule has 0 atom stereocenters. The summed E-state index contributed by atoms with van der Waals surface area (Å²) in [6, 6.07) is 14.9. The van der Waals surface area contributed by atoms with Gasteiger partial charge in [-0.3, -0.25) is 4.79 Å². The maximum absolute atomic E-state index is 12.4. The molecule has 0 fully saturated rings. The van der Waals surface area contributed by atoms with Crippen LogP contribution in [0.2, 0.25) is 10.0 Å². The van der Waals surface area contributed by atoms with E-state index >= 15 is 0 Å². The van der Waals surface area contributed by atoms with Gasteiger partial charge in [0.1, 0.15) is 12.4 Å². The van der Waals surface area contributed by atoms with Crippen LogP contribution in [0, 0.1) is 0 Å². The van der Waals surface area contributed by atoms with Gasteiger partial charge in [0.25, 0.3) is 5.91 Å². The smallest absolute Gasteiger partial charge is 0.265 e. The van der Waals surface area contributed by atoms with Crippen LogP contribution in [0.25, 0.3) is 0 Å². The lowest BCUT2D eigenvalue weighted by atomic mass is 10.2. The number of thiophene rings is 1. The van der Waals surface area contributed by atoms with E-state index in [9.17, 15) is 4.79 Å². The van der Waals surface area contributed by atoms with Crippen molar-refractivity contribution in [2.24, 2.45) is 0 Å². The average molecular weight is 406 g/mol. The van der Waals surface area contributed by atoms with Crippen LogP contribution in [-0.2, 0) is 13.0 Å². The standard InChI is InChI=1S/C20H17Cl2NO2S/c1-2-13-6-8-15(9-7-13)25-11-14-10-18(26-12-14)20(24)23-19-16(21)4-3-5-17(19)22/h3-10,12H,2,11H2,1H3,(H,23,24). The van der Waals surface area contributed by atoms with Crippen LogP contribution < -0.4 is 10.1 Å². The predicted molar refractivity (Wildman–Crippen MR) is 109 cm³/mol. The maximum Gasteiger partial charge on any atom is 0.265 e. The highest BCUT2D eigenvalue weighted by molar-refractivity contribution is 7.12. The summed E-state index contributed by atoms with van der Waals surface area (Å²) in [6.45, 7) is 2.52. The molecule has 0 radical (unpaired) electrons. The summed E-state index contributed by atoms with van der Waals surface area (Å²) in [5.74, 6) is 0.561. The summed E-state index contributed by atoms with van der Waals surface area (Å²) < 4.78 is 5.77. The van der Waals surface area contributed by atoms with Gasteiger partial charge in [-0.05, 0) is 47.7 Å². The second-order valence-corrected chi connectivity index (χ2v) is 7.38. The van der Waals surface area contributed by atoms with Crippen molar-refractivity contribution in [2.45, 2.75) is 20.0 Å². The fourth-order valence-electron chi connectivity index (χ4n) is 2.35. The number of para-hydroxylation sites is 1. The molecule has 2 aromatic carbocycles. The number of aryl methyl sites for hydroxylation is 1. The highest BCUT2D eigenvalue weighted by Gasteiger charge is 2.13. The number of halogens is 2. The van der Waals surface area contributed by atoms with Gasteiger partial charge >= 0.3 is 0 Å². The third-order valence-electron chi connectivity index (χ3n) is 3.82. The topological polar surface area (TPSA) is 38.3 Å². The first-order valence-corrected chi connectivity index (χ1v) is 9.75. The number of carbonyl (C=O) groups excluding carboxylic acids is 1. The second-order valence-electron chi connectivity index (χ2n) is 5.66. The Morgan fingerprint density at radius 2 is 1.77 bits per heavy atom. The van der Waals surface area contributed by atoms with Crippen molar-refractivity contribution < 1.29 is 9.53 Å². The molecule has 0 bridgehead atoms. The number of anilines is 1. The molecule has 1 amide bonds. The normalized spacial score (nSPS) is 10.6. The number of ether oxygens (including phenoxy) is 1. The molecule has 3 nitrogen and oxygen atoms in total. The number of nitrogens with one attached hydrogen (secondary N) is 1. The zero-order valence-electron chi connectivity index (χ0n) is 14.1. The van der Waals surface area contributed by atoms with Crippen molar-refractivity contribution in [3.63, 3.8) is 0 Å². The van der Waals surface area contributed by atoms with E-state index in [4.69, 9.17) is 27.9 Å². The molecule has 134 valence electrons. The summed E-state index contributed by atoms with van der Waals surface area (Å²) in [7, 11) is 0. The lowest BCUT2D eigenvalue weighted by Crippen LogP contribution is -2.11. The molecule has 3 rings (SSSR count). The van der Waals surface area contributed by atoms with Crippen LogP contribution in [0.3, 0.4) is 0 Å². The molecule has 26 heavy (non-hydrogen) atoms. The van der Waals surface area contributed by atoms with E-state index in [1.807, 2.05) is 23.6 Å². The molecule has 1 N–H and O–H groups in total. The quantitative estimate of drug-likeness (QED) is 0.511. The summed E-state index contributed by atoms with van der Waals surface area (Å²) in [5, 5.41) is 5.48. The summed E-state index contributed by atoms with van der Waals surface area (Å²) >= 11 is 13.5. The minimum Gasteiger partial charge on any atom is -0.489 e. The van der Waals surface area contributed by atoms with Crippen molar-refractivity contribution in [3.8, 4) is 5.75 Å². The van der Waals surface area contributed by atoms with Gasteiger partial charge in [-0.15, -0.1) is 11.3 Å². The van der Waals surface area contributed by atoms with Gasteiger partial charge in [-0.2, -0.15) is 0 Å². The van der Waals surface area contributed by atoms with Gasteiger partial charge in [0.15, 0.2) is 0 Å². The van der Waals surface area contributed by atoms with Crippen LogP contribution in [0.15, 0.2) is 53.9 Å². The minimum atomic E-state index is -0.247. The zero-order valence-corrected chi connectivity index (χ0v) is 16.4. The van der Waals surface area contributed by atoms with Crippen molar-refractivity contribution in [1.82, 2.24) is 0 Å². The monoisotopic (exact) mass is 405 g/mol. The molecule has 0 saturated heterocycles. The molecular formula is C20H17Cl2NO2S. The Bertz CT molecular complexity index is 886. The van der Waals surface area contributed by atoms with Crippen molar-refractivity contribution in [1.29, 1.82) is 0 Å². The summed E-state index contributed by atoms with van der Waals surface area (Å²) in [6.07, 6.45) is 0.999. The van der Waals surface area contributed by atoms with Crippen molar-refractivity contribution >= 4 is 46.1 Å². The van der Waals surface area contributed by atoms with E-state index in [-0.39, 0.29) is 5.91 Å². The minimum absolute atomic E-state index is 0.247. The number of amides is 1. The van der Waals surface area contributed by atoms with Gasteiger partial charge in [-0.25, -0.2) is 0 Å². The van der Waals surface area contributed by atoms with Crippen LogP contribution in [-0.4, -0.2) is 5.91 Å². The maximum atomic E-state index is 12.4. The largest absolute Gasteiger partial charge is 0.489 e. The Balaban J connectivity index is 1.62. The van der Waals surface area contributed by atoms with Crippen molar-refractivity contribution in [2.75, 3.05) is 5.32 Å². The molecule has 0 aliphatic carbocycles. The third kappa shape index (κ3) is 4.58.